The number of nitrogens with zero attached hydrogens (tertiary/aromatic N) is 1. The Morgan fingerprint density at radius 3 is 2.41 bits per heavy atom. The van der Waals surface area contributed by atoms with Crippen molar-refractivity contribution >= 4 is 5.96 Å². The number of rotatable bonds is 8. The van der Waals surface area contributed by atoms with Crippen molar-refractivity contribution in [3.8, 4) is 11.5 Å². The van der Waals surface area contributed by atoms with Crippen molar-refractivity contribution in [1.29, 1.82) is 0 Å². The van der Waals surface area contributed by atoms with Crippen LogP contribution < -0.4 is 20.1 Å². The fourth-order valence-corrected chi connectivity index (χ4v) is 2.93. The van der Waals surface area contributed by atoms with Gasteiger partial charge in [-0.05, 0) is 36.6 Å². The highest BCUT2D eigenvalue weighted by Gasteiger charge is 2.12. The first-order valence-electron chi connectivity index (χ1n) is 8.96. The van der Waals surface area contributed by atoms with Gasteiger partial charge in [0.15, 0.2) is 17.5 Å². The van der Waals surface area contributed by atoms with Gasteiger partial charge in [0, 0.05) is 25.7 Å². The van der Waals surface area contributed by atoms with Crippen LogP contribution >= 0.6 is 0 Å². The number of guanidine groups is 1. The Hall–Kier alpha value is -2.95. The summed E-state index contributed by atoms with van der Waals surface area (Å²) in [7, 11) is 5.07. The van der Waals surface area contributed by atoms with Crippen molar-refractivity contribution < 1.29 is 9.47 Å². The molecule has 0 atom stereocenters. The van der Waals surface area contributed by atoms with Gasteiger partial charge in [-0.3, -0.25) is 4.99 Å². The number of methoxy groups -OCH3 is 2. The molecule has 0 aliphatic rings. The maximum atomic E-state index is 5.49. The number of hydrogen-bond donors (Lipinski definition) is 2. The molecule has 0 heterocycles. The van der Waals surface area contributed by atoms with E-state index in [2.05, 4.69) is 59.5 Å². The maximum Gasteiger partial charge on any atom is 0.191 e. The Labute approximate surface area is 162 Å². The Balaban J connectivity index is 2.05. The highest BCUT2D eigenvalue weighted by molar-refractivity contribution is 5.79. The van der Waals surface area contributed by atoms with Crippen LogP contribution in [0.25, 0.3) is 0 Å². The average Bonchev–Trinajstić information content (AvgIpc) is 2.68. The van der Waals surface area contributed by atoms with Crippen molar-refractivity contribution in [2.45, 2.75) is 26.4 Å². The normalized spacial score (nSPS) is 11.0. The van der Waals surface area contributed by atoms with E-state index in [1.165, 1.54) is 11.1 Å². The Morgan fingerprint density at radius 1 is 1.07 bits per heavy atom. The molecule has 5 heteroatoms. The van der Waals surface area contributed by atoms with E-state index in [0.29, 0.717) is 13.0 Å². The first-order valence-corrected chi connectivity index (χ1v) is 8.96. The van der Waals surface area contributed by atoms with E-state index in [1.807, 2.05) is 12.1 Å². The van der Waals surface area contributed by atoms with Crippen LogP contribution in [0.2, 0.25) is 0 Å². The summed E-state index contributed by atoms with van der Waals surface area (Å²) in [6.07, 6.45) is 2.57. The van der Waals surface area contributed by atoms with E-state index in [4.69, 9.17) is 9.47 Å². The summed E-state index contributed by atoms with van der Waals surface area (Å²) < 4.78 is 11.0. The minimum Gasteiger partial charge on any atom is -0.493 e. The Bertz CT molecular complexity index is 800. The van der Waals surface area contributed by atoms with Crippen molar-refractivity contribution in [2.75, 3.05) is 21.3 Å². The van der Waals surface area contributed by atoms with Crippen LogP contribution in [0.5, 0.6) is 11.5 Å². The molecular weight excluding hydrogens is 338 g/mol. The molecule has 2 aromatic rings. The van der Waals surface area contributed by atoms with Crippen molar-refractivity contribution in [3.63, 3.8) is 0 Å². The summed E-state index contributed by atoms with van der Waals surface area (Å²) in [6.45, 7) is 7.25. The summed E-state index contributed by atoms with van der Waals surface area (Å²) in [5.74, 6) is 2.22. The number of benzene rings is 2. The summed E-state index contributed by atoms with van der Waals surface area (Å²) in [5, 5.41) is 6.69. The smallest absolute Gasteiger partial charge is 0.191 e. The molecule has 0 bridgehead atoms. The summed E-state index contributed by atoms with van der Waals surface area (Å²) in [4.78, 5) is 4.30. The lowest BCUT2D eigenvalue weighted by Gasteiger charge is -2.16. The van der Waals surface area contributed by atoms with E-state index in [9.17, 15) is 0 Å². The second-order valence-corrected chi connectivity index (χ2v) is 6.25. The molecule has 0 unspecified atom stereocenters. The first kappa shape index (κ1) is 20.4. The Morgan fingerprint density at radius 2 is 1.81 bits per heavy atom. The molecule has 144 valence electrons. The summed E-state index contributed by atoms with van der Waals surface area (Å²) in [6, 6.07) is 12.5. The third-order valence-electron chi connectivity index (χ3n) is 4.21. The molecule has 2 N–H and O–H groups in total. The molecule has 0 aliphatic carbocycles. The quantitative estimate of drug-likeness (QED) is 0.425. The predicted molar refractivity (Wildman–Crippen MR) is 112 cm³/mol. The standard InChI is InChI=1S/C22H29N3O2/c1-6-8-19-12-18(13-20(26-4)21(19)27-5)15-25-22(23-3)24-14-17-10-7-9-16(2)11-17/h6-7,9-13H,1,8,14-15H2,2-5H3,(H2,23,24,25). The lowest BCUT2D eigenvalue weighted by Crippen LogP contribution is -2.36. The van der Waals surface area contributed by atoms with Crippen molar-refractivity contribution in [1.82, 2.24) is 10.6 Å². The molecule has 0 saturated carbocycles. The first-order chi connectivity index (χ1) is 13.1. The van der Waals surface area contributed by atoms with Crippen LogP contribution in [0.15, 0.2) is 54.0 Å². The van der Waals surface area contributed by atoms with Gasteiger partial charge in [-0.2, -0.15) is 0 Å². The molecule has 0 spiro atoms. The van der Waals surface area contributed by atoms with Crippen LogP contribution in [-0.2, 0) is 19.5 Å². The van der Waals surface area contributed by atoms with Crippen molar-refractivity contribution in [2.24, 2.45) is 4.99 Å². The number of aliphatic imine (C=N–C) groups is 1. The molecule has 2 rings (SSSR count). The molecule has 0 aliphatic heterocycles. The highest BCUT2D eigenvalue weighted by atomic mass is 16.5. The van der Waals surface area contributed by atoms with Crippen LogP contribution in [0.3, 0.4) is 0 Å². The largest absolute Gasteiger partial charge is 0.493 e. The number of hydrogen-bond acceptors (Lipinski definition) is 3. The molecule has 2 aromatic carbocycles. The lowest BCUT2D eigenvalue weighted by atomic mass is 10.1. The van der Waals surface area contributed by atoms with Crippen LogP contribution in [0.1, 0.15) is 22.3 Å². The second-order valence-electron chi connectivity index (χ2n) is 6.25. The number of aryl methyl sites for hydroxylation is 1. The van der Waals surface area contributed by atoms with Crippen LogP contribution in [-0.4, -0.2) is 27.2 Å². The average molecular weight is 367 g/mol. The Kier molecular flexibility index (Phi) is 7.74. The van der Waals surface area contributed by atoms with Crippen LogP contribution in [0, 0.1) is 6.92 Å². The monoisotopic (exact) mass is 367 g/mol. The fraction of sp³-hybridized carbons (Fsp3) is 0.318. The van der Waals surface area contributed by atoms with E-state index >= 15 is 0 Å². The van der Waals surface area contributed by atoms with E-state index in [0.717, 1.165) is 35.1 Å². The maximum absolute atomic E-state index is 5.49. The molecule has 0 saturated heterocycles. The zero-order valence-corrected chi connectivity index (χ0v) is 16.6. The summed E-state index contributed by atoms with van der Waals surface area (Å²) >= 11 is 0. The van der Waals surface area contributed by atoms with Gasteiger partial charge < -0.3 is 20.1 Å². The molecule has 0 fully saturated rings. The van der Waals surface area contributed by atoms with Crippen LogP contribution in [0.4, 0.5) is 0 Å². The fourth-order valence-electron chi connectivity index (χ4n) is 2.93. The van der Waals surface area contributed by atoms with Gasteiger partial charge in [0.05, 0.1) is 14.2 Å². The van der Waals surface area contributed by atoms with E-state index in [-0.39, 0.29) is 0 Å². The predicted octanol–water partition coefficient (Wildman–Crippen LogP) is 3.61. The number of allylic oxidation sites excluding steroid dienone is 1. The zero-order chi connectivity index (χ0) is 19.6. The van der Waals surface area contributed by atoms with Gasteiger partial charge >= 0.3 is 0 Å². The van der Waals surface area contributed by atoms with Gasteiger partial charge in [-0.25, -0.2) is 0 Å². The highest BCUT2D eigenvalue weighted by Crippen LogP contribution is 2.33. The lowest BCUT2D eigenvalue weighted by molar-refractivity contribution is 0.352. The van der Waals surface area contributed by atoms with Crippen molar-refractivity contribution in [3.05, 3.63) is 71.3 Å². The van der Waals surface area contributed by atoms with Gasteiger partial charge in [0.1, 0.15) is 0 Å². The molecule has 27 heavy (non-hydrogen) atoms. The topological polar surface area (TPSA) is 54.9 Å². The minimum atomic E-state index is 0.623. The van der Waals surface area contributed by atoms with Gasteiger partial charge in [0.25, 0.3) is 0 Å². The minimum absolute atomic E-state index is 0.623. The molecule has 0 amide bonds. The second kappa shape index (κ2) is 10.3. The van der Waals surface area contributed by atoms with E-state index < -0.39 is 0 Å². The number of nitrogens with one attached hydrogen (secondary N) is 2. The SMILES string of the molecule is C=CCc1cc(CNC(=NC)NCc2cccc(C)c2)cc(OC)c1OC. The third-order valence-corrected chi connectivity index (χ3v) is 4.21. The summed E-state index contributed by atoms with van der Waals surface area (Å²) in [5.41, 5.74) is 4.60. The molecule has 5 nitrogen and oxygen atoms in total. The van der Waals surface area contributed by atoms with E-state index in [1.54, 1.807) is 21.3 Å². The van der Waals surface area contributed by atoms with Gasteiger partial charge in [-0.15, -0.1) is 6.58 Å². The number of ether oxygens (including phenoxy) is 2. The molecule has 0 radical (unpaired) electrons. The zero-order valence-electron chi connectivity index (χ0n) is 16.6. The third kappa shape index (κ3) is 5.78. The van der Waals surface area contributed by atoms with Gasteiger partial charge in [0.2, 0.25) is 0 Å². The molecule has 0 aromatic heterocycles. The molecular formula is C22H29N3O2. The van der Waals surface area contributed by atoms with Gasteiger partial charge in [-0.1, -0.05) is 35.9 Å².